The molecule has 0 aliphatic heterocycles. The van der Waals surface area contributed by atoms with Gasteiger partial charge in [0.1, 0.15) is 0 Å². The van der Waals surface area contributed by atoms with Gasteiger partial charge in [0.2, 0.25) is 0 Å². The van der Waals surface area contributed by atoms with Crippen LogP contribution in [0.25, 0.3) is 19.5 Å². The number of aromatic nitrogens is 2. The quantitative estimate of drug-likeness (QED) is 0.423. The molecular weight excluding hydrogens is 292 g/mol. The SMILES string of the molecule is Cc1nc2c(s1)-c1sc3c(c1C2)Cc1nc(C)sc1-3. The molecule has 0 unspecified atom stereocenters. The molecule has 2 aliphatic rings. The number of thiophene rings is 1. The molecular formula is C14H10N2S3. The van der Waals surface area contributed by atoms with Crippen molar-refractivity contribution >= 4 is 34.0 Å². The molecule has 0 atom stereocenters. The van der Waals surface area contributed by atoms with Gasteiger partial charge in [-0.1, -0.05) is 0 Å². The number of rotatable bonds is 0. The summed E-state index contributed by atoms with van der Waals surface area (Å²) in [5.74, 6) is 0. The summed E-state index contributed by atoms with van der Waals surface area (Å²) in [5, 5.41) is 2.39. The number of nitrogens with zero attached hydrogens (tertiary/aromatic N) is 2. The van der Waals surface area contributed by atoms with Crippen molar-refractivity contribution in [2.24, 2.45) is 0 Å². The Kier molecular flexibility index (Phi) is 1.88. The predicted octanol–water partition coefficient (Wildman–Crippen LogP) is 4.42. The van der Waals surface area contributed by atoms with E-state index < -0.39 is 0 Å². The topological polar surface area (TPSA) is 25.8 Å². The van der Waals surface area contributed by atoms with Gasteiger partial charge in [-0.25, -0.2) is 9.97 Å². The van der Waals surface area contributed by atoms with Crippen LogP contribution in [-0.2, 0) is 12.8 Å². The summed E-state index contributed by atoms with van der Waals surface area (Å²) >= 11 is 5.66. The van der Waals surface area contributed by atoms with Gasteiger partial charge < -0.3 is 0 Å². The lowest BCUT2D eigenvalue weighted by atomic mass is 10.1. The predicted molar refractivity (Wildman–Crippen MR) is 81.6 cm³/mol. The first kappa shape index (κ1) is 10.7. The first-order valence-electron chi connectivity index (χ1n) is 6.28. The van der Waals surface area contributed by atoms with Crippen LogP contribution in [0.15, 0.2) is 0 Å². The van der Waals surface area contributed by atoms with E-state index in [0.29, 0.717) is 0 Å². The smallest absolute Gasteiger partial charge is 0.0904 e. The van der Waals surface area contributed by atoms with E-state index in [9.17, 15) is 0 Å². The van der Waals surface area contributed by atoms with Crippen molar-refractivity contribution in [1.82, 2.24) is 9.97 Å². The molecule has 0 amide bonds. The highest BCUT2D eigenvalue weighted by Gasteiger charge is 2.34. The summed E-state index contributed by atoms with van der Waals surface area (Å²) in [7, 11) is 0. The Hall–Kier alpha value is -1.04. The third-order valence-electron chi connectivity index (χ3n) is 3.83. The Bertz CT molecular complexity index is 782. The molecule has 5 heteroatoms. The van der Waals surface area contributed by atoms with Crippen molar-refractivity contribution in [3.8, 4) is 19.5 Å². The maximum Gasteiger partial charge on any atom is 0.0904 e. The van der Waals surface area contributed by atoms with Crippen molar-refractivity contribution in [3.05, 3.63) is 32.5 Å². The maximum atomic E-state index is 4.67. The number of aryl methyl sites for hydroxylation is 2. The summed E-state index contributed by atoms with van der Waals surface area (Å²) in [4.78, 5) is 15.2. The van der Waals surface area contributed by atoms with Crippen molar-refractivity contribution in [2.75, 3.05) is 0 Å². The fourth-order valence-electron chi connectivity index (χ4n) is 3.11. The summed E-state index contributed by atoms with van der Waals surface area (Å²) in [5.41, 5.74) is 5.67. The van der Waals surface area contributed by atoms with E-state index in [1.165, 1.54) is 52.0 Å². The Labute approximate surface area is 122 Å². The van der Waals surface area contributed by atoms with Gasteiger partial charge in [-0.3, -0.25) is 0 Å². The molecule has 0 bridgehead atoms. The highest BCUT2D eigenvalue weighted by molar-refractivity contribution is 7.27. The van der Waals surface area contributed by atoms with Gasteiger partial charge in [-0.2, -0.15) is 0 Å². The zero-order chi connectivity index (χ0) is 12.7. The van der Waals surface area contributed by atoms with Crippen LogP contribution in [0.4, 0.5) is 0 Å². The molecule has 0 radical (unpaired) electrons. The Morgan fingerprint density at radius 1 is 0.684 bits per heavy atom. The zero-order valence-electron chi connectivity index (χ0n) is 10.5. The van der Waals surface area contributed by atoms with Crippen molar-refractivity contribution in [3.63, 3.8) is 0 Å². The number of thiazole rings is 2. The van der Waals surface area contributed by atoms with Crippen molar-refractivity contribution in [1.29, 1.82) is 0 Å². The lowest BCUT2D eigenvalue weighted by Gasteiger charge is -1.95. The number of hydrogen-bond acceptors (Lipinski definition) is 5. The lowest BCUT2D eigenvalue weighted by Crippen LogP contribution is -1.89. The molecule has 3 heterocycles. The number of fused-ring (bicyclic) bond motifs is 7. The van der Waals surface area contributed by atoms with Gasteiger partial charge in [0, 0.05) is 12.8 Å². The molecule has 94 valence electrons. The highest BCUT2D eigenvalue weighted by Crippen LogP contribution is 2.55. The van der Waals surface area contributed by atoms with Gasteiger partial charge in [0.25, 0.3) is 0 Å². The van der Waals surface area contributed by atoms with E-state index >= 15 is 0 Å². The van der Waals surface area contributed by atoms with E-state index in [1.54, 1.807) is 0 Å². The van der Waals surface area contributed by atoms with Gasteiger partial charge in [0.15, 0.2) is 0 Å². The molecule has 0 saturated carbocycles. The summed E-state index contributed by atoms with van der Waals surface area (Å²) in [6.45, 7) is 4.21. The molecule has 0 spiro atoms. The fourth-order valence-corrected chi connectivity index (χ4v) is 6.68. The summed E-state index contributed by atoms with van der Waals surface area (Å²) in [6.07, 6.45) is 2.07. The normalized spacial score (nSPS) is 14.4. The van der Waals surface area contributed by atoms with E-state index in [2.05, 4.69) is 23.8 Å². The monoisotopic (exact) mass is 302 g/mol. The Morgan fingerprint density at radius 3 is 1.63 bits per heavy atom. The summed E-state index contributed by atoms with van der Waals surface area (Å²) < 4.78 is 0. The Balaban J connectivity index is 1.76. The second-order valence-corrected chi connectivity index (χ2v) is 8.52. The second kappa shape index (κ2) is 3.34. The van der Waals surface area contributed by atoms with E-state index in [4.69, 9.17) is 0 Å². The fraction of sp³-hybridized carbons (Fsp3) is 0.286. The highest BCUT2D eigenvalue weighted by atomic mass is 32.1. The maximum absolute atomic E-state index is 4.67. The lowest BCUT2D eigenvalue weighted by molar-refractivity contribution is 1.07. The van der Waals surface area contributed by atoms with Crippen LogP contribution in [-0.4, -0.2) is 9.97 Å². The minimum atomic E-state index is 1.04. The van der Waals surface area contributed by atoms with Gasteiger partial charge >= 0.3 is 0 Å². The van der Waals surface area contributed by atoms with Gasteiger partial charge in [0.05, 0.1) is 40.9 Å². The molecule has 5 rings (SSSR count). The largest absolute Gasteiger partial charge is 0.246 e. The minimum absolute atomic E-state index is 1.04. The average molecular weight is 302 g/mol. The third kappa shape index (κ3) is 1.26. The molecule has 0 aromatic carbocycles. The third-order valence-corrected chi connectivity index (χ3v) is 7.45. The molecule has 0 N–H and O–H groups in total. The van der Waals surface area contributed by atoms with Crippen LogP contribution in [0.5, 0.6) is 0 Å². The minimum Gasteiger partial charge on any atom is -0.246 e. The van der Waals surface area contributed by atoms with Crippen molar-refractivity contribution in [2.45, 2.75) is 26.7 Å². The molecule has 0 saturated heterocycles. The Morgan fingerprint density at radius 2 is 1.16 bits per heavy atom. The standard InChI is InChI=1S/C14H10N2S3/c1-5-15-9-3-7-8-4-10-14(18-6(2)16-10)12(8)19-11(7)13(9)17-5/h3-4H2,1-2H3. The van der Waals surface area contributed by atoms with E-state index in [0.717, 1.165) is 12.8 Å². The summed E-state index contributed by atoms with van der Waals surface area (Å²) in [6, 6.07) is 0. The first-order chi connectivity index (χ1) is 9.20. The molecule has 0 fully saturated rings. The molecule has 3 aromatic rings. The molecule has 3 aromatic heterocycles. The van der Waals surface area contributed by atoms with E-state index in [-0.39, 0.29) is 0 Å². The van der Waals surface area contributed by atoms with Gasteiger partial charge in [-0.15, -0.1) is 34.0 Å². The first-order valence-corrected chi connectivity index (χ1v) is 8.73. The average Bonchev–Trinajstić information content (AvgIpc) is 3.04. The van der Waals surface area contributed by atoms with Crippen LogP contribution in [0, 0.1) is 13.8 Å². The van der Waals surface area contributed by atoms with Crippen molar-refractivity contribution < 1.29 is 0 Å². The zero-order valence-corrected chi connectivity index (χ0v) is 13.0. The van der Waals surface area contributed by atoms with Crippen LogP contribution < -0.4 is 0 Å². The molecule has 2 aliphatic carbocycles. The number of hydrogen-bond donors (Lipinski definition) is 0. The van der Waals surface area contributed by atoms with Crippen LogP contribution in [0.2, 0.25) is 0 Å². The second-order valence-electron chi connectivity index (χ2n) is 5.09. The van der Waals surface area contributed by atoms with Crippen LogP contribution in [0.3, 0.4) is 0 Å². The van der Waals surface area contributed by atoms with E-state index in [1.807, 2.05) is 34.0 Å². The molecule has 2 nitrogen and oxygen atoms in total. The molecule has 19 heavy (non-hydrogen) atoms. The van der Waals surface area contributed by atoms with Crippen LogP contribution >= 0.6 is 34.0 Å². The van der Waals surface area contributed by atoms with Gasteiger partial charge in [-0.05, 0) is 25.0 Å². The van der Waals surface area contributed by atoms with Crippen LogP contribution in [0.1, 0.15) is 32.5 Å².